The lowest BCUT2D eigenvalue weighted by Crippen LogP contribution is -2.38. The van der Waals surface area contributed by atoms with Crippen molar-refractivity contribution in [2.45, 2.75) is 44.4 Å². The minimum Gasteiger partial charge on any atom is -0.619 e. The lowest BCUT2D eigenvalue weighted by Gasteiger charge is -2.32. The number of hydrogen-bond donors (Lipinski definition) is 2. The van der Waals surface area contributed by atoms with E-state index in [1.54, 1.807) is 12.1 Å². The highest BCUT2D eigenvalue weighted by Gasteiger charge is 2.26. The van der Waals surface area contributed by atoms with Gasteiger partial charge < -0.3 is 20.4 Å². The number of allylic oxidation sites excluding steroid dienone is 2. The van der Waals surface area contributed by atoms with Crippen molar-refractivity contribution < 1.29 is 14.3 Å². The first kappa shape index (κ1) is 24.3. The number of carbonyl (C=O) groups is 2. The largest absolute Gasteiger partial charge is 0.619 e. The van der Waals surface area contributed by atoms with Crippen LogP contribution in [-0.2, 0) is 0 Å². The number of likely N-dealkylation sites (tertiary alicyclic amines) is 1. The Labute approximate surface area is 215 Å². The Morgan fingerprint density at radius 1 is 1.16 bits per heavy atom. The summed E-state index contributed by atoms with van der Waals surface area (Å²) in [5.41, 5.74) is 4.93. The molecule has 37 heavy (non-hydrogen) atoms. The summed E-state index contributed by atoms with van der Waals surface area (Å²) in [5.74, 6) is -0.0333. The second-order valence-electron chi connectivity index (χ2n) is 9.50. The molecule has 188 valence electrons. The second-order valence-corrected chi connectivity index (χ2v) is 9.50. The van der Waals surface area contributed by atoms with Gasteiger partial charge in [-0.15, -0.1) is 0 Å². The number of hydrogen-bond acceptors (Lipinski definition) is 5. The average Bonchev–Trinajstić information content (AvgIpc) is 3.44. The molecule has 0 unspecified atom stereocenters. The number of anilines is 1. The van der Waals surface area contributed by atoms with Crippen LogP contribution in [0.2, 0.25) is 0 Å². The molecule has 0 saturated carbocycles. The number of aromatic nitrogens is 3. The van der Waals surface area contributed by atoms with Gasteiger partial charge in [-0.25, -0.2) is 4.98 Å². The molecule has 1 saturated heterocycles. The molecule has 5 rings (SSSR count). The van der Waals surface area contributed by atoms with Crippen molar-refractivity contribution >= 4 is 23.1 Å². The summed E-state index contributed by atoms with van der Waals surface area (Å²) >= 11 is 0. The van der Waals surface area contributed by atoms with E-state index in [1.807, 2.05) is 17.0 Å². The van der Waals surface area contributed by atoms with Crippen LogP contribution in [0, 0.1) is 16.5 Å². The Kier molecular flexibility index (Phi) is 6.99. The summed E-state index contributed by atoms with van der Waals surface area (Å²) < 4.78 is 0.673. The summed E-state index contributed by atoms with van der Waals surface area (Å²) in [5, 5.41) is 23.3. The SMILES string of the molecule is N#Cc1cnc(C(=O)Nc2ccc(C3CCN(C(=O)c4cc[n+]([O-])cc4)CC3)cc2C2=CCCCC2)[nH]1. The van der Waals surface area contributed by atoms with Crippen LogP contribution in [0.25, 0.3) is 5.57 Å². The van der Waals surface area contributed by atoms with Crippen LogP contribution in [0.5, 0.6) is 0 Å². The molecule has 2 N–H and O–H groups in total. The molecule has 2 amide bonds. The molecule has 1 aliphatic carbocycles. The summed E-state index contributed by atoms with van der Waals surface area (Å²) in [7, 11) is 0. The maximum absolute atomic E-state index is 12.8. The quantitative estimate of drug-likeness (QED) is 0.405. The van der Waals surface area contributed by atoms with Gasteiger partial charge in [-0.2, -0.15) is 9.99 Å². The molecule has 3 heterocycles. The van der Waals surface area contributed by atoms with Gasteiger partial charge in [0, 0.05) is 36.5 Å². The van der Waals surface area contributed by atoms with Crippen molar-refractivity contribution in [2.24, 2.45) is 0 Å². The van der Waals surface area contributed by atoms with Gasteiger partial charge in [0.1, 0.15) is 11.8 Å². The summed E-state index contributed by atoms with van der Waals surface area (Å²) in [6.45, 7) is 1.29. The number of nitriles is 1. The van der Waals surface area contributed by atoms with Crippen molar-refractivity contribution in [3.05, 3.63) is 88.4 Å². The number of benzene rings is 1. The minimum atomic E-state index is -0.387. The van der Waals surface area contributed by atoms with Crippen molar-refractivity contribution in [1.82, 2.24) is 14.9 Å². The van der Waals surface area contributed by atoms with Crippen molar-refractivity contribution in [3.8, 4) is 6.07 Å². The molecular weight excluding hydrogens is 468 g/mol. The van der Waals surface area contributed by atoms with E-state index < -0.39 is 0 Å². The third kappa shape index (κ3) is 5.38. The Morgan fingerprint density at radius 3 is 2.62 bits per heavy atom. The molecule has 9 heteroatoms. The predicted octanol–water partition coefficient (Wildman–Crippen LogP) is 4.14. The first-order valence-corrected chi connectivity index (χ1v) is 12.6. The van der Waals surface area contributed by atoms with Gasteiger partial charge in [0.15, 0.2) is 18.2 Å². The van der Waals surface area contributed by atoms with Crippen LogP contribution < -0.4 is 10.0 Å². The minimum absolute atomic E-state index is 0.0531. The highest BCUT2D eigenvalue weighted by atomic mass is 16.5. The molecule has 0 radical (unpaired) electrons. The number of carbonyl (C=O) groups excluding carboxylic acids is 2. The second kappa shape index (κ2) is 10.7. The maximum Gasteiger partial charge on any atom is 0.291 e. The van der Waals surface area contributed by atoms with Gasteiger partial charge in [-0.3, -0.25) is 9.59 Å². The van der Waals surface area contributed by atoms with Crippen LogP contribution in [-0.4, -0.2) is 39.8 Å². The number of aromatic amines is 1. The van der Waals surface area contributed by atoms with Gasteiger partial charge in [-0.1, -0.05) is 12.1 Å². The zero-order valence-corrected chi connectivity index (χ0v) is 20.4. The van der Waals surface area contributed by atoms with E-state index in [4.69, 9.17) is 5.26 Å². The van der Waals surface area contributed by atoms with E-state index in [0.717, 1.165) is 49.8 Å². The number of rotatable bonds is 5. The number of nitrogens with zero attached hydrogens (tertiary/aromatic N) is 4. The number of imidazole rings is 1. The normalized spacial score (nSPS) is 16.1. The van der Waals surface area contributed by atoms with Gasteiger partial charge in [0.2, 0.25) is 0 Å². The third-order valence-corrected chi connectivity index (χ3v) is 7.14. The highest BCUT2D eigenvalue weighted by Crippen LogP contribution is 2.36. The fourth-order valence-electron chi connectivity index (χ4n) is 5.10. The zero-order valence-electron chi connectivity index (χ0n) is 20.4. The fourth-order valence-corrected chi connectivity index (χ4v) is 5.10. The van der Waals surface area contributed by atoms with E-state index in [1.165, 1.54) is 29.7 Å². The molecule has 1 fully saturated rings. The maximum atomic E-state index is 12.8. The molecular formula is C28H28N6O3. The van der Waals surface area contributed by atoms with Gasteiger partial charge in [-0.05, 0) is 67.7 Å². The molecule has 9 nitrogen and oxygen atoms in total. The average molecular weight is 497 g/mol. The summed E-state index contributed by atoms with van der Waals surface area (Å²) in [6, 6.07) is 11.3. The smallest absolute Gasteiger partial charge is 0.291 e. The summed E-state index contributed by atoms with van der Waals surface area (Å²) in [6.07, 6.45) is 12.2. The number of piperidine rings is 1. The first-order chi connectivity index (χ1) is 18.0. The van der Waals surface area contributed by atoms with Crippen LogP contribution in [0.4, 0.5) is 5.69 Å². The fraction of sp³-hybridized carbons (Fsp3) is 0.321. The van der Waals surface area contributed by atoms with Crippen LogP contribution in [0.15, 0.2) is 55.0 Å². The first-order valence-electron chi connectivity index (χ1n) is 12.6. The van der Waals surface area contributed by atoms with Crippen LogP contribution in [0.3, 0.4) is 0 Å². The Balaban J connectivity index is 1.33. The van der Waals surface area contributed by atoms with E-state index >= 15 is 0 Å². The molecule has 2 aliphatic rings. The third-order valence-electron chi connectivity index (χ3n) is 7.14. The van der Waals surface area contributed by atoms with E-state index in [2.05, 4.69) is 33.5 Å². The van der Waals surface area contributed by atoms with Gasteiger partial charge in [0.05, 0.1) is 11.8 Å². The Morgan fingerprint density at radius 2 is 1.95 bits per heavy atom. The lowest BCUT2D eigenvalue weighted by atomic mass is 9.85. The monoisotopic (exact) mass is 496 g/mol. The molecule has 3 aromatic rings. The van der Waals surface area contributed by atoms with Gasteiger partial charge >= 0.3 is 0 Å². The summed E-state index contributed by atoms with van der Waals surface area (Å²) in [4.78, 5) is 34.2. The van der Waals surface area contributed by atoms with E-state index in [0.29, 0.717) is 29.3 Å². The molecule has 1 aliphatic heterocycles. The number of pyridine rings is 1. The van der Waals surface area contributed by atoms with E-state index in [9.17, 15) is 14.8 Å². The number of amides is 2. The Hall–Kier alpha value is -4.45. The van der Waals surface area contributed by atoms with Crippen LogP contribution >= 0.6 is 0 Å². The van der Waals surface area contributed by atoms with Crippen molar-refractivity contribution in [2.75, 3.05) is 18.4 Å². The van der Waals surface area contributed by atoms with Gasteiger partial charge in [0.25, 0.3) is 11.8 Å². The topological polar surface area (TPSA) is 129 Å². The molecule has 2 aromatic heterocycles. The molecule has 0 spiro atoms. The van der Waals surface area contributed by atoms with E-state index in [-0.39, 0.29) is 23.3 Å². The molecule has 0 atom stereocenters. The number of nitrogens with one attached hydrogen (secondary N) is 2. The Bertz CT molecular complexity index is 1380. The highest BCUT2D eigenvalue weighted by molar-refractivity contribution is 6.03. The van der Waals surface area contributed by atoms with Crippen LogP contribution in [0.1, 0.15) is 82.2 Å². The number of H-pyrrole nitrogens is 1. The standard InChI is InChI=1S/C28H28N6O3/c29-17-23-18-30-26(31-23)27(35)32-25-7-6-22(16-24(25)20-4-2-1-3-5-20)19-8-12-33(13-9-19)28(36)21-10-14-34(37)15-11-21/h4,6-7,10-11,14-16,18-19H,1-3,5,8-9,12-13H2,(H,30,31)(H,32,35). The lowest BCUT2D eigenvalue weighted by molar-refractivity contribution is -0.605. The molecule has 1 aromatic carbocycles. The van der Waals surface area contributed by atoms with Crippen molar-refractivity contribution in [3.63, 3.8) is 0 Å². The van der Waals surface area contributed by atoms with Crippen molar-refractivity contribution in [1.29, 1.82) is 5.26 Å². The predicted molar refractivity (Wildman–Crippen MR) is 137 cm³/mol. The zero-order chi connectivity index (χ0) is 25.8. The molecule has 0 bridgehead atoms.